The van der Waals surface area contributed by atoms with Crippen LogP contribution in [-0.2, 0) is 15.8 Å². The van der Waals surface area contributed by atoms with Crippen LogP contribution in [0.2, 0.25) is 0 Å². The first kappa shape index (κ1) is 22.6. The molecule has 0 spiro atoms. The van der Waals surface area contributed by atoms with E-state index in [2.05, 4.69) is 11.1 Å². The number of rotatable bonds is 3. The number of alkyl halides is 3. The van der Waals surface area contributed by atoms with Crippen LogP contribution in [0.5, 0.6) is 0 Å². The molecule has 2 heterocycles. The van der Waals surface area contributed by atoms with Crippen LogP contribution in [0.4, 0.5) is 19.0 Å². The first-order valence-electron chi connectivity index (χ1n) is 7.85. The summed E-state index contributed by atoms with van der Waals surface area (Å²) >= 11 is 0. The molecule has 3 aromatic rings. The third kappa shape index (κ3) is 5.43. The number of anilines is 1. The molecule has 0 aliphatic carbocycles. The highest BCUT2D eigenvalue weighted by Gasteiger charge is 2.38. The van der Waals surface area contributed by atoms with Crippen molar-refractivity contribution in [2.24, 2.45) is 5.14 Å². The summed E-state index contributed by atoms with van der Waals surface area (Å²) in [6.45, 7) is 0. The van der Waals surface area contributed by atoms with Crippen LogP contribution in [0.1, 0.15) is 5.56 Å². The monoisotopic (exact) mass is 438 g/mol. The summed E-state index contributed by atoms with van der Waals surface area (Å²) in [4.78, 5) is 13.7. The van der Waals surface area contributed by atoms with Gasteiger partial charge in [0, 0.05) is 11.1 Å². The third-order valence-electron chi connectivity index (χ3n) is 3.57. The Morgan fingerprint density at radius 1 is 1.23 bits per heavy atom. The number of hydrogen-bond donors (Lipinski definition) is 3. The first-order valence-corrected chi connectivity index (χ1v) is 9.07. The van der Waals surface area contributed by atoms with Crippen molar-refractivity contribution in [3.05, 3.63) is 54.3 Å². The van der Waals surface area contributed by atoms with Crippen molar-refractivity contribution < 1.29 is 31.7 Å². The van der Waals surface area contributed by atoms with Crippen molar-refractivity contribution in [2.45, 2.75) is 11.1 Å². The van der Waals surface area contributed by atoms with Crippen LogP contribution in [0.25, 0.3) is 22.6 Å². The van der Waals surface area contributed by atoms with Gasteiger partial charge in [-0.15, -0.1) is 0 Å². The van der Waals surface area contributed by atoms with E-state index in [1.165, 1.54) is 6.26 Å². The van der Waals surface area contributed by atoms with Crippen molar-refractivity contribution in [3.63, 3.8) is 0 Å². The van der Waals surface area contributed by atoms with Gasteiger partial charge in [0.05, 0.1) is 16.9 Å². The second kappa shape index (κ2) is 9.21. The van der Waals surface area contributed by atoms with Gasteiger partial charge in [0.25, 0.3) is 0 Å². The Bertz CT molecular complexity index is 1110. The average molecular weight is 438 g/mol. The van der Waals surface area contributed by atoms with E-state index in [-0.39, 0.29) is 11.4 Å². The number of halogens is 3. The lowest BCUT2D eigenvalue weighted by molar-refractivity contribution is -0.192. The number of carboxylic acids is 1. The second-order valence-corrected chi connectivity index (χ2v) is 6.60. The number of nitrogen functional groups attached to an aromatic ring is 1. The SMILES string of the molecule is N#Cc1c(-c2ccco2)cc(-c2ccc(S(N)=O)cc2)nc1N.O=C(O)C(F)(F)F. The number of nitriles is 1. The van der Waals surface area contributed by atoms with Crippen LogP contribution in [-0.4, -0.2) is 26.4 Å². The summed E-state index contributed by atoms with van der Waals surface area (Å²) in [7, 11) is -1.53. The molecule has 0 fully saturated rings. The molecule has 0 aliphatic rings. The van der Waals surface area contributed by atoms with Crippen LogP contribution >= 0.6 is 0 Å². The van der Waals surface area contributed by atoms with Gasteiger partial charge in [0.2, 0.25) is 0 Å². The van der Waals surface area contributed by atoms with Gasteiger partial charge in [-0.3, -0.25) is 0 Å². The van der Waals surface area contributed by atoms with Gasteiger partial charge >= 0.3 is 12.1 Å². The molecular weight excluding hydrogens is 425 g/mol. The molecular formula is C18H13F3N4O4S. The van der Waals surface area contributed by atoms with Gasteiger partial charge in [0.1, 0.15) is 34.2 Å². The Balaban J connectivity index is 0.000000396. The highest BCUT2D eigenvalue weighted by molar-refractivity contribution is 7.82. The molecule has 0 saturated carbocycles. The van der Waals surface area contributed by atoms with Gasteiger partial charge < -0.3 is 15.3 Å². The van der Waals surface area contributed by atoms with Crippen LogP contribution in [0.15, 0.2) is 58.0 Å². The van der Waals surface area contributed by atoms with E-state index in [9.17, 15) is 22.6 Å². The van der Waals surface area contributed by atoms with E-state index in [0.717, 1.165) is 5.56 Å². The fraction of sp³-hybridized carbons (Fsp3) is 0.0556. The standard InChI is InChI=1S/C16H12N4O2S.C2HF3O2/c17-9-13-12(15-2-1-7-22-15)8-14(20-16(13)18)10-3-5-11(6-4-10)23(19)21;3-2(4,5)1(6)7/h1-8H,19H2,(H2,18,20);(H,6,7). The molecule has 156 valence electrons. The lowest BCUT2D eigenvalue weighted by Crippen LogP contribution is -2.21. The number of aliphatic carboxylic acids is 1. The van der Waals surface area contributed by atoms with Crippen molar-refractivity contribution in [3.8, 4) is 28.7 Å². The number of hydrogen-bond acceptors (Lipinski definition) is 6. The molecule has 5 N–H and O–H groups in total. The molecule has 8 nitrogen and oxygen atoms in total. The average Bonchev–Trinajstić information content (AvgIpc) is 3.22. The molecule has 2 aromatic heterocycles. The van der Waals surface area contributed by atoms with Crippen molar-refractivity contribution >= 4 is 22.8 Å². The molecule has 3 rings (SSSR count). The number of furan rings is 1. The van der Waals surface area contributed by atoms with Gasteiger partial charge in [-0.05, 0) is 30.3 Å². The molecule has 1 atom stereocenters. The van der Waals surface area contributed by atoms with Crippen LogP contribution < -0.4 is 10.9 Å². The number of benzene rings is 1. The Kier molecular flexibility index (Phi) is 6.93. The molecule has 12 heteroatoms. The van der Waals surface area contributed by atoms with E-state index in [1.54, 1.807) is 42.5 Å². The Morgan fingerprint density at radius 3 is 2.27 bits per heavy atom. The molecule has 0 bridgehead atoms. The fourth-order valence-electron chi connectivity index (χ4n) is 2.22. The number of nitrogens with two attached hydrogens (primary N) is 2. The minimum absolute atomic E-state index is 0.128. The van der Waals surface area contributed by atoms with E-state index in [4.69, 9.17) is 25.2 Å². The fourth-order valence-corrected chi connectivity index (χ4v) is 2.62. The molecule has 1 unspecified atom stereocenters. The maximum Gasteiger partial charge on any atom is 0.490 e. The summed E-state index contributed by atoms with van der Waals surface area (Å²) in [5.41, 5.74) is 8.11. The summed E-state index contributed by atoms with van der Waals surface area (Å²) < 4.78 is 48.3. The summed E-state index contributed by atoms with van der Waals surface area (Å²) in [5, 5.41) is 21.8. The van der Waals surface area contributed by atoms with E-state index >= 15 is 0 Å². The maximum atomic E-state index is 11.2. The zero-order valence-corrected chi connectivity index (χ0v) is 15.7. The summed E-state index contributed by atoms with van der Waals surface area (Å²) in [6.07, 6.45) is -3.56. The zero-order chi connectivity index (χ0) is 22.5. The maximum absolute atomic E-state index is 11.2. The van der Waals surface area contributed by atoms with Gasteiger partial charge in [-0.1, -0.05) is 12.1 Å². The normalized spacial score (nSPS) is 11.7. The topological polar surface area (TPSA) is 156 Å². The largest absolute Gasteiger partial charge is 0.490 e. The number of aromatic nitrogens is 1. The second-order valence-electron chi connectivity index (χ2n) is 5.53. The predicted octanol–water partition coefficient (Wildman–Crippen LogP) is 3.08. The van der Waals surface area contributed by atoms with Crippen molar-refractivity contribution in [2.75, 3.05) is 5.73 Å². The lowest BCUT2D eigenvalue weighted by atomic mass is 10.0. The van der Waals surface area contributed by atoms with Crippen LogP contribution in [0.3, 0.4) is 0 Å². The van der Waals surface area contributed by atoms with Crippen LogP contribution in [0, 0.1) is 11.3 Å². The Hall–Kier alpha value is -3.69. The minimum Gasteiger partial charge on any atom is -0.475 e. The Morgan fingerprint density at radius 2 is 1.83 bits per heavy atom. The summed E-state index contributed by atoms with van der Waals surface area (Å²) in [5.74, 6) is -2.09. The van der Waals surface area contributed by atoms with Crippen molar-refractivity contribution in [1.29, 1.82) is 5.26 Å². The molecule has 1 aromatic carbocycles. The molecule has 0 saturated heterocycles. The summed E-state index contributed by atoms with van der Waals surface area (Å²) in [6, 6.07) is 14.1. The molecule has 0 radical (unpaired) electrons. The lowest BCUT2D eigenvalue weighted by Gasteiger charge is -2.08. The smallest absolute Gasteiger partial charge is 0.475 e. The number of carbonyl (C=O) groups is 1. The predicted molar refractivity (Wildman–Crippen MR) is 101 cm³/mol. The highest BCUT2D eigenvalue weighted by atomic mass is 32.2. The highest BCUT2D eigenvalue weighted by Crippen LogP contribution is 2.31. The van der Waals surface area contributed by atoms with E-state index in [1.807, 2.05) is 0 Å². The molecule has 30 heavy (non-hydrogen) atoms. The van der Waals surface area contributed by atoms with Crippen molar-refractivity contribution in [1.82, 2.24) is 4.98 Å². The Labute approximate surface area is 170 Å². The number of pyridine rings is 1. The van der Waals surface area contributed by atoms with Gasteiger partial charge in [-0.25, -0.2) is 19.1 Å². The van der Waals surface area contributed by atoms with Gasteiger partial charge in [0.15, 0.2) is 0 Å². The molecule has 0 aliphatic heterocycles. The quantitative estimate of drug-likeness (QED) is 0.567. The van der Waals surface area contributed by atoms with E-state index < -0.39 is 23.1 Å². The number of carboxylic acid groups (broad SMARTS) is 1. The van der Waals surface area contributed by atoms with E-state index in [0.29, 0.717) is 21.9 Å². The third-order valence-corrected chi connectivity index (χ3v) is 4.31. The minimum atomic E-state index is -5.08. The molecule has 0 amide bonds. The zero-order valence-electron chi connectivity index (χ0n) is 14.9. The first-order chi connectivity index (χ1) is 14.0. The van der Waals surface area contributed by atoms with Gasteiger partial charge in [-0.2, -0.15) is 18.4 Å². The number of nitrogens with zero attached hydrogens (tertiary/aromatic N) is 2.